The van der Waals surface area contributed by atoms with Gasteiger partial charge in [-0.1, -0.05) is 17.4 Å². The molecule has 2 aromatic carbocycles. The average Bonchev–Trinajstić information content (AvgIpc) is 3.43. The Morgan fingerprint density at radius 3 is 2.45 bits per heavy atom. The molecular formula is C22H25N3O4S2. The molecule has 0 radical (unpaired) electrons. The molecule has 1 aliphatic heterocycles. The Balaban J connectivity index is 1.68. The van der Waals surface area contributed by atoms with E-state index in [9.17, 15) is 13.2 Å². The summed E-state index contributed by atoms with van der Waals surface area (Å²) >= 11 is 1.43. The number of carbonyl (C=O) groups is 1. The standard InChI is InChI=1S/C22H25N3O4S2/c1-3-25-20-18(29-4-2)8-7-9-19(20)30-22(25)23-21(26)16-10-12-17(13-11-16)31(27,28)24-14-5-6-15-24/h7-13H,3-6,14-15H2,1-2H3. The van der Waals surface area contributed by atoms with Crippen molar-refractivity contribution in [1.29, 1.82) is 0 Å². The van der Waals surface area contributed by atoms with Gasteiger partial charge in [-0.3, -0.25) is 4.79 Å². The first-order valence-electron chi connectivity index (χ1n) is 10.4. The van der Waals surface area contributed by atoms with E-state index in [1.807, 2.05) is 36.6 Å². The van der Waals surface area contributed by atoms with Crippen LogP contribution in [0.2, 0.25) is 0 Å². The van der Waals surface area contributed by atoms with E-state index in [-0.39, 0.29) is 4.90 Å². The summed E-state index contributed by atoms with van der Waals surface area (Å²) in [6.07, 6.45) is 1.76. The van der Waals surface area contributed by atoms with Crippen molar-refractivity contribution in [3.63, 3.8) is 0 Å². The lowest BCUT2D eigenvalue weighted by molar-refractivity contribution is 0.0997. The van der Waals surface area contributed by atoms with E-state index in [0.717, 1.165) is 28.8 Å². The SMILES string of the molecule is CCOc1cccc2sc(=NC(=O)c3ccc(S(=O)(=O)N4CCCC4)cc3)n(CC)c12. The molecule has 1 aliphatic rings. The summed E-state index contributed by atoms with van der Waals surface area (Å²) in [6.45, 7) is 6.22. The van der Waals surface area contributed by atoms with E-state index in [1.165, 1.54) is 39.9 Å². The van der Waals surface area contributed by atoms with Crippen LogP contribution in [0.1, 0.15) is 37.0 Å². The highest BCUT2D eigenvalue weighted by atomic mass is 32.2. The summed E-state index contributed by atoms with van der Waals surface area (Å²) in [5, 5.41) is 0. The number of thiazole rings is 1. The summed E-state index contributed by atoms with van der Waals surface area (Å²) in [6, 6.07) is 11.9. The average molecular weight is 460 g/mol. The van der Waals surface area contributed by atoms with E-state index < -0.39 is 15.9 Å². The lowest BCUT2D eigenvalue weighted by Gasteiger charge is -2.15. The van der Waals surface area contributed by atoms with Crippen molar-refractivity contribution in [2.75, 3.05) is 19.7 Å². The van der Waals surface area contributed by atoms with Gasteiger partial charge in [0.2, 0.25) is 10.0 Å². The molecule has 3 aromatic rings. The minimum atomic E-state index is -3.50. The largest absolute Gasteiger partial charge is 0.492 e. The van der Waals surface area contributed by atoms with Crippen molar-refractivity contribution >= 4 is 37.5 Å². The molecule has 0 spiro atoms. The summed E-state index contributed by atoms with van der Waals surface area (Å²) in [7, 11) is -3.50. The zero-order chi connectivity index (χ0) is 22.0. The molecule has 2 heterocycles. The van der Waals surface area contributed by atoms with Crippen LogP contribution in [0.15, 0.2) is 52.4 Å². The number of rotatable bonds is 6. The number of fused-ring (bicyclic) bond motifs is 1. The fourth-order valence-corrected chi connectivity index (χ4v) is 6.37. The monoisotopic (exact) mass is 459 g/mol. The number of para-hydroxylation sites is 1. The maximum Gasteiger partial charge on any atom is 0.279 e. The van der Waals surface area contributed by atoms with Gasteiger partial charge in [0.25, 0.3) is 5.91 Å². The molecule has 1 aromatic heterocycles. The summed E-state index contributed by atoms with van der Waals surface area (Å²) in [4.78, 5) is 18.0. The molecular weight excluding hydrogens is 434 g/mol. The third-order valence-electron chi connectivity index (χ3n) is 5.28. The predicted octanol–water partition coefficient (Wildman–Crippen LogP) is 3.65. The van der Waals surface area contributed by atoms with Crippen LogP contribution >= 0.6 is 11.3 Å². The third-order valence-corrected chi connectivity index (χ3v) is 8.24. The van der Waals surface area contributed by atoms with Gasteiger partial charge >= 0.3 is 0 Å². The summed E-state index contributed by atoms with van der Waals surface area (Å²) in [5.74, 6) is 0.361. The van der Waals surface area contributed by atoms with Crippen LogP contribution in [0.25, 0.3) is 10.2 Å². The van der Waals surface area contributed by atoms with Crippen LogP contribution in [0.3, 0.4) is 0 Å². The minimum Gasteiger partial charge on any atom is -0.492 e. The zero-order valence-corrected chi connectivity index (χ0v) is 19.2. The quantitative estimate of drug-likeness (QED) is 0.564. The highest BCUT2D eigenvalue weighted by molar-refractivity contribution is 7.89. The highest BCUT2D eigenvalue weighted by Gasteiger charge is 2.27. The maximum absolute atomic E-state index is 12.8. The first kappa shape index (κ1) is 21.7. The molecule has 0 N–H and O–H groups in total. The van der Waals surface area contributed by atoms with E-state index >= 15 is 0 Å². The number of aryl methyl sites for hydroxylation is 1. The molecule has 0 bridgehead atoms. The molecule has 9 heteroatoms. The van der Waals surface area contributed by atoms with Gasteiger partial charge in [0.1, 0.15) is 11.3 Å². The number of amides is 1. The molecule has 0 aliphatic carbocycles. The molecule has 1 fully saturated rings. The van der Waals surface area contributed by atoms with Crippen LogP contribution in [-0.2, 0) is 16.6 Å². The Kier molecular flexibility index (Phi) is 6.27. The van der Waals surface area contributed by atoms with Gasteiger partial charge in [-0.2, -0.15) is 9.30 Å². The predicted molar refractivity (Wildman–Crippen MR) is 121 cm³/mol. The normalized spacial score (nSPS) is 15.6. The summed E-state index contributed by atoms with van der Waals surface area (Å²) < 4.78 is 35.6. The number of carbonyl (C=O) groups excluding carboxylic acids is 1. The van der Waals surface area contributed by atoms with Crippen LogP contribution in [-0.4, -0.2) is 42.9 Å². The van der Waals surface area contributed by atoms with Crippen molar-refractivity contribution in [1.82, 2.24) is 8.87 Å². The fraction of sp³-hybridized carbons (Fsp3) is 0.364. The topological polar surface area (TPSA) is 81.0 Å². The number of nitrogens with zero attached hydrogens (tertiary/aromatic N) is 3. The van der Waals surface area contributed by atoms with E-state index in [2.05, 4.69) is 4.99 Å². The number of benzene rings is 2. The van der Waals surface area contributed by atoms with E-state index in [4.69, 9.17) is 4.74 Å². The van der Waals surface area contributed by atoms with Crippen LogP contribution in [0.5, 0.6) is 5.75 Å². The molecule has 4 rings (SSSR count). The molecule has 7 nitrogen and oxygen atoms in total. The number of hydrogen-bond acceptors (Lipinski definition) is 5. The van der Waals surface area contributed by atoms with E-state index in [1.54, 1.807) is 0 Å². The van der Waals surface area contributed by atoms with Crippen LogP contribution in [0, 0.1) is 0 Å². The van der Waals surface area contributed by atoms with Crippen LogP contribution in [0.4, 0.5) is 0 Å². The Hall–Kier alpha value is -2.49. The molecule has 1 amide bonds. The Labute approximate surface area is 185 Å². The smallest absolute Gasteiger partial charge is 0.279 e. The second-order valence-electron chi connectivity index (χ2n) is 7.22. The summed E-state index contributed by atoms with van der Waals surface area (Å²) in [5.41, 5.74) is 1.28. The highest BCUT2D eigenvalue weighted by Crippen LogP contribution is 2.27. The molecule has 0 unspecified atom stereocenters. The van der Waals surface area contributed by atoms with Gasteiger partial charge < -0.3 is 9.30 Å². The van der Waals surface area contributed by atoms with Crippen LogP contribution < -0.4 is 9.54 Å². The first-order valence-corrected chi connectivity index (χ1v) is 12.7. The van der Waals surface area contributed by atoms with Gasteiger partial charge in [-0.15, -0.1) is 0 Å². The number of aromatic nitrogens is 1. The van der Waals surface area contributed by atoms with Gasteiger partial charge in [-0.05, 0) is 63.1 Å². The van der Waals surface area contributed by atoms with Gasteiger partial charge in [0.15, 0.2) is 4.80 Å². The van der Waals surface area contributed by atoms with Crippen molar-refractivity contribution in [2.24, 2.45) is 4.99 Å². The number of ether oxygens (including phenoxy) is 1. The molecule has 1 saturated heterocycles. The molecule has 31 heavy (non-hydrogen) atoms. The molecule has 164 valence electrons. The maximum atomic E-state index is 12.8. The number of hydrogen-bond donors (Lipinski definition) is 0. The Morgan fingerprint density at radius 1 is 1.10 bits per heavy atom. The lowest BCUT2D eigenvalue weighted by atomic mass is 10.2. The van der Waals surface area contributed by atoms with Crippen molar-refractivity contribution in [2.45, 2.75) is 38.1 Å². The molecule has 0 atom stereocenters. The second-order valence-corrected chi connectivity index (χ2v) is 10.2. The Morgan fingerprint density at radius 2 is 1.81 bits per heavy atom. The number of sulfonamides is 1. The third kappa shape index (κ3) is 4.17. The Bertz CT molecular complexity index is 1270. The van der Waals surface area contributed by atoms with Gasteiger partial charge in [0, 0.05) is 25.2 Å². The fourth-order valence-electron chi connectivity index (χ4n) is 3.75. The van der Waals surface area contributed by atoms with Crippen molar-refractivity contribution in [3.8, 4) is 5.75 Å². The molecule has 0 saturated carbocycles. The van der Waals surface area contributed by atoms with Crippen molar-refractivity contribution in [3.05, 3.63) is 52.8 Å². The second kappa shape index (κ2) is 8.94. The van der Waals surface area contributed by atoms with E-state index in [0.29, 0.717) is 36.6 Å². The zero-order valence-electron chi connectivity index (χ0n) is 17.6. The van der Waals surface area contributed by atoms with Crippen molar-refractivity contribution < 1.29 is 17.9 Å². The minimum absolute atomic E-state index is 0.206. The lowest BCUT2D eigenvalue weighted by Crippen LogP contribution is -2.27. The van der Waals surface area contributed by atoms with Gasteiger partial charge in [0.05, 0.1) is 16.2 Å². The first-order chi connectivity index (χ1) is 15.0. The van der Waals surface area contributed by atoms with Gasteiger partial charge in [-0.25, -0.2) is 8.42 Å².